The van der Waals surface area contributed by atoms with Crippen molar-refractivity contribution in [2.24, 2.45) is 0 Å². The molecule has 0 bridgehead atoms. The topological polar surface area (TPSA) is 98.4 Å². The average Bonchev–Trinajstić information content (AvgIpc) is 2.47. The van der Waals surface area contributed by atoms with Crippen molar-refractivity contribution in [3.63, 3.8) is 0 Å². The molecule has 3 N–H and O–H groups in total. The molecule has 2 rings (SSSR count). The molecule has 0 aliphatic heterocycles. The van der Waals surface area contributed by atoms with Gasteiger partial charge in [-0.3, -0.25) is 0 Å². The lowest BCUT2D eigenvalue weighted by atomic mass is 10.2. The van der Waals surface area contributed by atoms with Gasteiger partial charge < -0.3 is 25.4 Å². The van der Waals surface area contributed by atoms with Crippen LogP contribution >= 0.6 is 0 Å². The number of nitrogens with one attached hydrogen (secondary N) is 1. The molecule has 0 aliphatic rings. The van der Waals surface area contributed by atoms with Crippen LogP contribution in [0.25, 0.3) is 0 Å². The summed E-state index contributed by atoms with van der Waals surface area (Å²) < 4.78 is 10.5. The first-order valence-corrected chi connectivity index (χ1v) is 6.21. The molecule has 0 unspecified atom stereocenters. The molecule has 21 heavy (non-hydrogen) atoms. The van der Waals surface area contributed by atoms with Crippen LogP contribution in [0, 0.1) is 0 Å². The fourth-order valence-corrected chi connectivity index (χ4v) is 1.66. The highest BCUT2D eigenvalue weighted by molar-refractivity contribution is 5.65. The standard InChI is InChI=1S/C13H18N6O2/c1-19(2)13-17-11(14)16-12(18-13)15-9-6-5-8(20-3)7-10(9)21-4/h5-7H,1-4H3,(H3,14,15,16,17,18). The highest BCUT2D eigenvalue weighted by Gasteiger charge is 2.10. The molecule has 0 amide bonds. The first-order valence-electron chi connectivity index (χ1n) is 6.21. The van der Waals surface area contributed by atoms with Gasteiger partial charge in [0.2, 0.25) is 17.8 Å². The molecule has 0 aliphatic carbocycles. The molecule has 0 fully saturated rings. The summed E-state index contributed by atoms with van der Waals surface area (Å²) in [4.78, 5) is 14.1. The van der Waals surface area contributed by atoms with Crippen molar-refractivity contribution in [3.05, 3.63) is 18.2 Å². The predicted octanol–water partition coefficient (Wildman–Crippen LogP) is 1.28. The largest absolute Gasteiger partial charge is 0.497 e. The maximum atomic E-state index is 5.69. The molecule has 2 aromatic rings. The summed E-state index contributed by atoms with van der Waals surface area (Å²) in [7, 11) is 6.82. The fraction of sp³-hybridized carbons (Fsp3) is 0.308. The summed E-state index contributed by atoms with van der Waals surface area (Å²) in [5, 5.41) is 3.06. The Hall–Kier alpha value is -2.77. The Balaban J connectivity index is 2.33. The zero-order chi connectivity index (χ0) is 15.4. The van der Waals surface area contributed by atoms with E-state index in [4.69, 9.17) is 15.2 Å². The minimum atomic E-state index is 0.142. The molecule has 0 radical (unpaired) electrons. The molecule has 0 spiro atoms. The summed E-state index contributed by atoms with van der Waals surface area (Å²) in [6, 6.07) is 5.38. The van der Waals surface area contributed by atoms with Gasteiger partial charge in [0.25, 0.3) is 0 Å². The number of nitrogens with zero attached hydrogens (tertiary/aromatic N) is 4. The molecule has 112 valence electrons. The number of anilines is 4. The summed E-state index contributed by atoms with van der Waals surface area (Å²) >= 11 is 0. The zero-order valence-electron chi connectivity index (χ0n) is 12.4. The van der Waals surface area contributed by atoms with Crippen LogP contribution in [0.2, 0.25) is 0 Å². The van der Waals surface area contributed by atoms with Gasteiger partial charge in [0, 0.05) is 20.2 Å². The third-order valence-corrected chi connectivity index (χ3v) is 2.70. The summed E-state index contributed by atoms with van der Waals surface area (Å²) in [5.41, 5.74) is 6.39. The number of nitrogen functional groups attached to an aromatic ring is 1. The Morgan fingerprint density at radius 3 is 2.48 bits per heavy atom. The molecule has 0 saturated heterocycles. The fourth-order valence-electron chi connectivity index (χ4n) is 1.66. The second kappa shape index (κ2) is 6.12. The van der Waals surface area contributed by atoms with Crippen molar-refractivity contribution in [3.8, 4) is 11.5 Å². The van der Waals surface area contributed by atoms with Crippen LogP contribution in [0.15, 0.2) is 18.2 Å². The Kier molecular flexibility index (Phi) is 4.27. The van der Waals surface area contributed by atoms with Crippen LogP contribution in [0.5, 0.6) is 11.5 Å². The monoisotopic (exact) mass is 290 g/mol. The maximum Gasteiger partial charge on any atom is 0.233 e. The molecule has 1 aromatic heterocycles. The lowest BCUT2D eigenvalue weighted by Crippen LogP contribution is -2.15. The lowest BCUT2D eigenvalue weighted by Gasteiger charge is -2.14. The number of ether oxygens (including phenoxy) is 2. The van der Waals surface area contributed by atoms with Crippen LogP contribution in [0.3, 0.4) is 0 Å². The van der Waals surface area contributed by atoms with Crippen molar-refractivity contribution in [1.82, 2.24) is 15.0 Å². The van der Waals surface area contributed by atoms with Gasteiger partial charge in [0.15, 0.2) is 0 Å². The van der Waals surface area contributed by atoms with Gasteiger partial charge >= 0.3 is 0 Å². The van der Waals surface area contributed by atoms with Crippen molar-refractivity contribution >= 4 is 23.5 Å². The van der Waals surface area contributed by atoms with Crippen LogP contribution in [0.1, 0.15) is 0 Å². The van der Waals surface area contributed by atoms with Gasteiger partial charge in [0.05, 0.1) is 19.9 Å². The Labute approximate surface area is 122 Å². The molecule has 8 nitrogen and oxygen atoms in total. The van der Waals surface area contributed by atoms with E-state index in [1.54, 1.807) is 25.2 Å². The van der Waals surface area contributed by atoms with Crippen LogP contribution in [-0.4, -0.2) is 43.3 Å². The second-order valence-corrected chi connectivity index (χ2v) is 4.40. The third-order valence-electron chi connectivity index (χ3n) is 2.70. The van der Waals surface area contributed by atoms with Gasteiger partial charge in [-0.2, -0.15) is 15.0 Å². The SMILES string of the molecule is COc1ccc(Nc2nc(N)nc(N(C)C)n2)c(OC)c1. The van der Waals surface area contributed by atoms with Gasteiger partial charge in [-0.1, -0.05) is 0 Å². The first-order chi connectivity index (χ1) is 10.0. The van der Waals surface area contributed by atoms with Crippen LogP contribution in [-0.2, 0) is 0 Å². The summed E-state index contributed by atoms with van der Waals surface area (Å²) in [5.74, 6) is 2.26. The Morgan fingerprint density at radius 1 is 1.10 bits per heavy atom. The first kappa shape index (κ1) is 14.6. The summed E-state index contributed by atoms with van der Waals surface area (Å²) in [6.45, 7) is 0. The molecular weight excluding hydrogens is 272 g/mol. The second-order valence-electron chi connectivity index (χ2n) is 4.40. The number of hydrogen-bond donors (Lipinski definition) is 2. The lowest BCUT2D eigenvalue weighted by molar-refractivity contribution is 0.395. The summed E-state index contributed by atoms with van der Waals surface area (Å²) in [6.07, 6.45) is 0. The quantitative estimate of drug-likeness (QED) is 0.849. The van der Waals surface area contributed by atoms with E-state index in [-0.39, 0.29) is 5.95 Å². The smallest absolute Gasteiger partial charge is 0.233 e. The van der Waals surface area contributed by atoms with E-state index >= 15 is 0 Å². The Bertz CT molecular complexity index is 632. The molecular formula is C13H18N6O2. The average molecular weight is 290 g/mol. The molecule has 0 atom stereocenters. The number of benzene rings is 1. The van der Waals surface area contributed by atoms with Crippen LogP contribution < -0.4 is 25.4 Å². The zero-order valence-corrected chi connectivity index (χ0v) is 12.4. The van der Waals surface area contributed by atoms with Gasteiger partial charge in [-0.05, 0) is 12.1 Å². The van der Waals surface area contributed by atoms with Crippen LogP contribution in [0.4, 0.5) is 23.5 Å². The van der Waals surface area contributed by atoms with E-state index in [0.717, 1.165) is 0 Å². The third kappa shape index (κ3) is 3.41. The number of methoxy groups -OCH3 is 2. The van der Waals surface area contributed by atoms with E-state index in [1.165, 1.54) is 0 Å². The number of rotatable bonds is 5. The van der Waals surface area contributed by atoms with Gasteiger partial charge in [-0.15, -0.1) is 0 Å². The van der Waals surface area contributed by atoms with E-state index in [2.05, 4.69) is 20.3 Å². The number of aromatic nitrogens is 3. The Morgan fingerprint density at radius 2 is 1.86 bits per heavy atom. The van der Waals surface area contributed by atoms with E-state index in [0.29, 0.717) is 29.1 Å². The normalized spacial score (nSPS) is 10.1. The minimum absolute atomic E-state index is 0.142. The predicted molar refractivity (Wildman–Crippen MR) is 81.4 cm³/mol. The van der Waals surface area contributed by atoms with E-state index < -0.39 is 0 Å². The minimum Gasteiger partial charge on any atom is -0.497 e. The molecule has 0 saturated carbocycles. The number of nitrogens with two attached hydrogens (primary N) is 1. The maximum absolute atomic E-state index is 5.69. The highest BCUT2D eigenvalue weighted by atomic mass is 16.5. The van der Waals surface area contributed by atoms with E-state index in [9.17, 15) is 0 Å². The van der Waals surface area contributed by atoms with Crippen molar-refractivity contribution in [2.45, 2.75) is 0 Å². The molecule has 8 heteroatoms. The van der Waals surface area contributed by atoms with Crippen molar-refractivity contribution in [2.75, 3.05) is 44.3 Å². The van der Waals surface area contributed by atoms with Crippen molar-refractivity contribution in [1.29, 1.82) is 0 Å². The van der Waals surface area contributed by atoms with Gasteiger partial charge in [-0.25, -0.2) is 0 Å². The molecule has 1 aromatic carbocycles. The van der Waals surface area contributed by atoms with Crippen molar-refractivity contribution < 1.29 is 9.47 Å². The molecule has 1 heterocycles. The van der Waals surface area contributed by atoms with E-state index in [1.807, 2.05) is 26.2 Å². The highest BCUT2D eigenvalue weighted by Crippen LogP contribution is 2.30. The van der Waals surface area contributed by atoms with Gasteiger partial charge in [0.1, 0.15) is 11.5 Å². The number of hydrogen-bond acceptors (Lipinski definition) is 8.